The molecule has 7 rings (SSSR count). The first-order valence-corrected chi connectivity index (χ1v) is 11.1. The van der Waals surface area contributed by atoms with Crippen molar-refractivity contribution >= 4 is 33.4 Å². The molecule has 3 aromatic rings. The van der Waals surface area contributed by atoms with E-state index in [2.05, 4.69) is 40.2 Å². The van der Waals surface area contributed by atoms with E-state index < -0.39 is 16.2 Å². The van der Waals surface area contributed by atoms with E-state index >= 15 is 0 Å². The van der Waals surface area contributed by atoms with Crippen LogP contribution in [0.4, 0.5) is 5.69 Å². The molecule has 1 saturated heterocycles. The van der Waals surface area contributed by atoms with Gasteiger partial charge in [0.05, 0.1) is 21.8 Å². The molecule has 4 aliphatic rings. The Morgan fingerprint density at radius 3 is 2.07 bits per heavy atom. The molecule has 0 spiro atoms. The van der Waals surface area contributed by atoms with Gasteiger partial charge in [-0.05, 0) is 53.3 Å². The molecular formula is C26H20BrNO2. The van der Waals surface area contributed by atoms with E-state index in [0.29, 0.717) is 5.69 Å². The van der Waals surface area contributed by atoms with Crippen LogP contribution in [-0.2, 0) is 13.9 Å². The zero-order valence-electron chi connectivity index (χ0n) is 16.7. The highest BCUT2D eigenvalue weighted by atomic mass is 79.9. The average Bonchev–Trinajstić information content (AvgIpc) is 3.02. The van der Waals surface area contributed by atoms with Crippen LogP contribution in [0.15, 0.2) is 66.7 Å². The average molecular weight is 458 g/mol. The summed E-state index contributed by atoms with van der Waals surface area (Å²) in [5.41, 5.74) is 7.21. The van der Waals surface area contributed by atoms with Crippen molar-refractivity contribution in [2.45, 2.75) is 24.1 Å². The molecule has 148 valence electrons. The number of imide groups is 1. The lowest BCUT2D eigenvalue weighted by Crippen LogP contribution is -2.50. The second-order valence-electron chi connectivity index (χ2n) is 8.67. The van der Waals surface area contributed by atoms with Gasteiger partial charge >= 0.3 is 0 Å². The van der Waals surface area contributed by atoms with Crippen LogP contribution in [0, 0.1) is 25.7 Å². The fraction of sp³-hybridized carbons (Fsp3) is 0.231. The number of carbonyl (C=O) groups is 2. The van der Waals surface area contributed by atoms with E-state index in [1.165, 1.54) is 4.90 Å². The minimum absolute atomic E-state index is 0.0865. The van der Waals surface area contributed by atoms with Crippen molar-refractivity contribution in [3.8, 4) is 0 Å². The van der Waals surface area contributed by atoms with Crippen LogP contribution in [0.25, 0.3) is 0 Å². The topological polar surface area (TPSA) is 37.4 Å². The van der Waals surface area contributed by atoms with Gasteiger partial charge in [0.25, 0.3) is 0 Å². The highest BCUT2D eigenvalue weighted by Gasteiger charge is 2.67. The van der Waals surface area contributed by atoms with Crippen molar-refractivity contribution in [2.24, 2.45) is 11.8 Å². The summed E-state index contributed by atoms with van der Waals surface area (Å²) < 4.78 is -0.696. The molecule has 0 aromatic heterocycles. The number of nitrogens with zero attached hydrogens (tertiary/aromatic N) is 1. The maximum absolute atomic E-state index is 13.9. The zero-order chi connectivity index (χ0) is 20.8. The maximum Gasteiger partial charge on any atom is 0.239 e. The number of benzene rings is 3. The summed E-state index contributed by atoms with van der Waals surface area (Å²) in [4.78, 5) is 29.2. The van der Waals surface area contributed by atoms with Gasteiger partial charge in [-0.2, -0.15) is 0 Å². The van der Waals surface area contributed by atoms with Crippen LogP contribution in [-0.4, -0.2) is 11.8 Å². The molecule has 30 heavy (non-hydrogen) atoms. The largest absolute Gasteiger partial charge is 0.274 e. The van der Waals surface area contributed by atoms with Crippen molar-refractivity contribution in [2.75, 3.05) is 4.90 Å². The summed E-state index contributed by atoms with van der Waals surface area (Å²) >= 11 is 4.04. The number of alkyl halides is 1. The lowest BCUT2D eigenvalue weighted by atomic mass is 9.55. The second-order valence-corrected chi connectivity index (χ2v) is 9.92. The molecule has 2 unspecified atom stereocenters. The Morgan fingerprint density at radius 1 is 0.833 bits per heavy atom. The van der Waals surface area contributed by atoms with Crippen LogP contribution < -0.4 is 4.90 Å². The smallest absolute Gasteiger partial charge is 0.239 e. The molecule has 1 fully saturated rings. The van der Waals surface area contributed by atoms with Gasteiger partial charge in [0.2, 0.25) is 11.8 Å². The summed E-state index contributed by atoms with van der Waals surface area (Å²) in [5, 5.41) is 0. The number of rotatable bonds is 1. The molecule has 4 heteroatoms. The summed E-state index contributed by atoms with van der Waals surface area (Å²) in [7, 11) is 0. The van der Waals surface area contributed by atoms with Gasteiger partial charge in [-0.25, -0.2) is 4.90 Å². The van der Waals surface area contributed by atoms with E-state index in [1.807, 2.05) is 56.3 Å². The predicted octanol–water partition coefficient (Wildman–Crippen LogP) is 5.21. The fourth-order valence-electron chi connectivity index (χ4n) is 5.88. The number of anilines is 1. The molecule has 3 aromatic carbocycles. The highest BCUT2D eigenvalue weighted by molar-refractivity contribution is 9.09. The SMILES string of the molecule is Cc1ccc(C)c(N2C(=O)C3C4c5ccccc5C(Br)(c5ccccc54)C3C2=O)c1. The summed E-state index contributed by atoms with van der Waals surface area (Å²) in [6, 6.07) is 22.4. The molecule has 1 aliphatic heterocycles. The number of amides is 2. The van der Waals surface area contributed by atoms with Crippen LogP contribution in [0.3, 0.4) is 0 Å². The third-order valence-corrected chi connectivity index (χ3v) is 8.47. The van der Waals surface area contributed by atoms with Crippen molar-refractivity contribution in [3.05, 3.63) is 100 Å². The monoisotopic (exact) mass is 457 g/mol. The van der Waals surface area contributed by atoms with Crippen LogP contribution in [0.1, 0.15) is 39.3 Å². The predicted molar refractivity (Wildman–Crippen MR) is 120 cm³/mol. The van der Waals surface area contributed by atoms with Crippen molar-refractivity contribution < 1.29 is 9.59 Å². The Morgan fingerprint density at radius 2 is 1.43 bits per heavy atom. The van der Waals surface area contributed by atoms with Gasteiger partial charge in [-0.1, -0.05) is 76.6 Å². The lowest BCUT2D eigenvalue weighted by Gasteiger charge is -2.51. The first kappa shape index (κ1) is 18.1. The summed E-state index contributed by atoms with van der Waals surface area (Å²) in [6.07, 6.45) is 0. The molecule has 3 nitrogen and oxygen atoms in total. The first-order chi connectivity index (χ1) is 14.4. The number of carbonyl (C=O) groups excluding carboxylic acids is 2. The van der Waals surface area contributed by atoms with E-state index in [-0.39, 0.29) is 17.7 Å². The molecule has 0 saturated carbocycles. The van der Waals surface area contributed by atoms with Crippen molar-refractivity contribution in [3.63, 3.8) is 0 Å². The zero-order valence-corrected chi connectivity index (χ0v) is 18.3. The molecule has 0 radical (unpaired) electrons. The summed E-state index contributed by atoms with van der Waals surface area (Å²) in [5.74, 6) is -1.16. The van der Waals surface area contributed by atoms with Gasteiger partial charge in [-0.15, -0.1) is 0 Å². The van der Waals surface area contributed by atoms with Crippen LogP contribution in [0.5, 0.6) is 0 Å². The Labute approximate surface area is 183 Å². The maximum atomic E-state index is 13.9. The van der Waals surface area contributed by atoms with Gasteiger partial charge in [-0.3, -0.25) is 9.59 Å². The Balaban J connectivity index is 1.63. The fourth-order valence-corrected chi connectivity index (χ4v) is 7.08. The number of halogens is 1. The number of hydrogen-bond donors (Lipinski definition) is 0. The van der Waals surface area contributed by atoms with E-state index in [1.54, 1.807) is 0 Å². The minimum Gasteiger partial charge on any atom is -0.274 e. The molecule has 0 N–H and O–H groups in total. The number of aryl methyl sites for hydroxylation is 2. The van der Waals surface area contributed by atoms with Crippen molar-refractivity contribution in [1.29, 1.82) is 0 Å². The van der Waals surface area contributed by atoms with Crippen molar-refractivity contribution in [1.82, 2.24) is 0 Å². The van der Waals surface area contributed by atoms with E-state index in [9.17, 15) is 9.59 Å². The second kappa shape index (κ2) is 5.92. The third kappa shape index (κ3) is 2.00. The van der Waals surface area contributed by atoms with E-state index in [0.717, 1.165) is 33.4 Å². The molecular weight excluding hydrogens is 438 g/mol. The summed E-state index contributed by atoms with van der Waals surface area (Å²) in [6.45, 7) is 3.95. The third-order valence-electron chi connectivity index (χ3n) is 7.12. The Bertz CT molecular complexity index is 1220. The molecule has 2 amide bonds. The Hall–Kier alpha value is -2.72. The quantitative estimate of drug-likeness (QED) is 0.371. The lowest BCUT2D eigenvalue weighted by molar-refractivity contribution is -0.122. The molecule has 2 bridgehead atoms. The van der Waals surface area contributed by atoms with Crippen LogP contribution >= 0.6 is 15.9 Å². The normalized spacial score (nSPS) is 28.4. The highest BCUT2D eigenvalue weighted by Crippen LogP contribution is 2.66. The molecule has 2 atom stereocenters. The van der Waals surface area contributed by atoms with Crippen LogP contribution in [0.2, 0.25) is 0 Å². The standard InChI is InChI=1S/C26H20BrNO2/c1-14-11-12-15(2)20(13-14)28-24(29)22-21-16-7-3-5-9-18(16)26(27,23(22)25(28)30)19-10-6-4-8-17(19)21/h3-13,21-23H,1-2H3. The van der Waals surface area contributed by atoms with E-state index in [4.69, 9.17) is 0 Å². The van der Waals surface area contributed by atoms with Gasteiger partial charge in [0, 0.05) is 5.92 Å². The number of hydrogen-bond acceptors (Lipinski definition) is 2. The Kier molecular flexibility index (Phi) is 3.57. The van der Waals surface area contributed by atoms with Gasteiger partial charge in [0.15, 0.2) is 0 Å². The molecule has 1 heterocycles. The molecule has 3 aliphatic carbocycles. The van der Waals surface area contributed by atoms with Gasteiger partial charge in [0.1, 0.15) is 0 Å². The van der Waals surface area contributed by atoms with Gasteiger partial charge < -0.3 is 0 Å². The first-order valence-electron chi connectivity index (χ1n) is 10.3. The minimum atomic E-state index is -0.696.